The number of imide groups is 1. The molecule has 1 aliphatic heterocycles. The minimum Gasteiger partial charge on any atom is -0.469 e. The van der Waals surface area contributed by atoms with Gasteiger partial charge in [0, 0.05) is 5.56 Å². The maximum absolute atomic E-state index is 13.3. The molecule has 1 aliphatic rings. The lowest BCUT2D eigenvalue weighted by atomic mass is 9.72. The summed E-state index contributed by atoms with van der Waals surface area (Å²) >= 11 is 0. The second-order valence-electron chi connectivity index (χ2n) is 8.96. The summed E-state index contributed by atoms with van der Waals surface area (Å²) in [5.74, 6) is 0.0630. The Bertz CT molecular complexity index is 1050. The number of hydrogen-bond donors (Lipinski definition) is 3. The molecule has 1 saturated heterocycles. The highest BCUT2D eigenvalue weighted by molar-refractivity contribution is 7.24. The minimum atomic E-state index is -2.50. The Balaban J connectivity index is 1.84. The van der Waals surface area contributed by atoms with E-state index in [9.17, 15) is 24.4 Å². The SMILES string of the molecule is CCC[C@@H](NC(=O)N1C(=O)C(CC)(CC)[C@@H]1Oc1ccc(C(O)(O)P=O)cc1)c1ccc(C)cc1. The third kappa shape index (κ3) is 5.25. The van der Waals surface area contributed by atoms with Crippen LogP contribution in [0.5, 0.6) is 5.75 Å². The number of carbonyl (C=O) groups excluding carboxylic acids is 2. The lowest BCUT2D eigenvalue weighted by Gasteiger charge is -2.53. The summed E-state index contributed by atoms with van der Waals surface area (Å²) in [5, 5.41) is 22.5. The molecule has 0 bridgehead atoms. The number of carbonyl (C=O) groups is 2. The predicted molar refractivity (Wildman–Crippen MR) is 132 cm³/mol. The first-order valence-electron chi connectivity index (χ1n) is 11.9. The van der Waals surface area contributed by atoms with Crippen molar-refractivity contribution < 1.29 is 29.1 Å². The van der Waals surface area contributed by atoms with Crippen LogP contribution in [0, 0.1) is 12.3 Å². The van der Waals surface area contributed by atoms with Gasteiger partial charge in [0.1, 0.15) is 11.2 Å². The van der Waals surface area contributed by atoms with Crippen molar-refractivity contribution in [2.75, 3.05) is 0 Å². The highest BCUT2D eigenvalue weighted by atomic mass is 31.1. The number of benzene rings is 2. The molecule has 1 fully saturated rings. The number of β-lactam (4-membered cyclic amide) rings is 1. The fraction of sp³-hybridized carbons (Fsp3) is 0.462. The van der Waals surface area contributed by atoms with E-state index in [4.69, 9.17) is 4.74 Å². The number of amides is 3. The molecular weight excluding hydrogens is 467 g/mol. The summed E-state index contributed by atoms with van der Waals surface area (Å²) in [7, 11) is -0.853. The van der Waals surface area contributed by atoms with E-state index in [-0.39, 0.29) is 17.5 Å². The van der Waals surface area contributed by atoms with Crippen molar-refractivity contribution in [3.05, 3.63) is 65.2 Å². The molecule has 2 atom stereocenters. The van der Waals surface area contributed by atoms with E-state index in [1.54, 1.807) is 0 Å². The van der Waals surface area contributed by atoms with Gasteiger partial charge >= 0.3 is 6.03 Å². The zero-order valence-corrected chi connectivity index (χ0v) is 21.4. The second kappa shape index (κ2) is 10.9. The Morgan fingerprint density at radius 2 is 1.71 bits per heavy atom. The Hall–Kier alpha value is -2.80. The van der Waals surface area contributed by atoms with E-state index in [0.29, 0.717) is 18.6 Å². The number of nitrogens with zero attached hydrogens (tertiary/aromatic N) is 1. The molecule has 0 radical (unpaired) electrons. The number of rotatable bonds is 10. The molecule has 0 spiro atoms. The number of likely N-dealkylation sites (tertiary alicyclic amines) is 1. The van der Waals surface area contributed by atoms with Gasteiger partial charge in [0.25, 0.3) is 5.53 Å². The Kier molecular flexibility index (Phi) is 8.31. The summed E-state index contributed by atoms with van der Waals surface area (Å²) < 4.78 is 17.1. The fourth-order valence-corrected chi connectivity index (χ4v) is 4.72. The van der Waals surface area contributed by atoms with E-state index in [2.05, 4.69) is 5.32 Å². The van der Waals surface area contributed by atoms with Crippen LogP contribution in [0.1, 0.15) is 69.2 Å². The zero-order chi connectivity index (χ0) is 25.8. The van der Waals surface area contributed by atoms with Crippen molar-refractivity contribution >= 4 is 20.4 Å². The van der Waals surface area contributed by atoms with Crippen LogP contribution in [0.4, 0.5) is 4.79 Å². The van der Waals surface area contributed by atoms with E-state index >= 15 is 0 Å². The van der Waals surface area contributed by atoms with Crippen molar-refractivity contribution in [1.29, 1.82) is 0 Å². The molecule has 1 heterocycles. The lowest BCUT2D eigenvalue weighted by molar-refractivity contribution is -0.191. The number of hydrogen-bond acceptors (Lipinski definition) is 6. The van der Waals surface area contributed by atoms with Crippen molar-refractivity contribution in [3.8, 4) is 5.75 Å². The lowest BCUT2D eigenvalue weighted by Crippen LogP contribution is -2.73. The van der Waals surface area contributed by atoms with E-state index in [1.165, 1.54) is 24.3 Å². The van der Waals surface area contributed by atoms with E-state index in [0.717, 1.165) is 28.9 Å². The van der Waals surface area contributed by atoms with Crippen molar-refractivity contribution in [3.63, 3.8) is 0 Å². The van der Waals surface area contributed by atoms with Crippen LogP contribution >= 0.6 is 8.46 Å². The number of ether oxygens (including phenoxy) is 1. The molecule has 9 heteroatoms. The zero-order valence-electron chi connectivity index (χ0n) is 20.5. The number of aliphatic hydroxyl groups is 2. The van der Waals surface area contributed by atoms with Crippen molar-refractivity contribution in [2.24, 2.45) is 5.41 Å². The van der Waals surface area contributed by atoms with Gasteiger partial charge < -0.3 is 20.3 Å². The maximum atomic E-state index is 13.3. The smallest absolute Gasteiger partial charge is 0.327 e. The highest BCUT2D eigenvalue weighted by Crippen LogP contribution is 2.46. The minimum absolute atomic E-state index is 0.0264. The first-order chi connectivity index (χ1) is 16.6. The van der Waals surface area contributed by atoms with Crippen LogP contribution < -0.4 is 10.1 Å². The normalized spacial score (nSPS) is 18.2. The second-order valence-corrected chi connectivity index (χ2v) is 9.77. The van der Waals surface area contributed by atoms with E-state index < -0.39 is 31.7 Å². The van der Waals surface area contributed by atoms with Gasteiger partial charge in [-0.05, 0) is 56.0 Å². The Morgan fingerprint density at radius 3 is 2.23 bits per heavy atom. The predicted octanol–water partition coefficient (Wildman–Crippen LogP) is 4.99. The summed E-state index contributed by atoms with van der Waals surface area (Å²) in [4.78, 5) is 27.7. The highest BCUT2D eigenvalue weighted by Gasteiger charge is 2.63. The largest absolute Gasteiger partial charge is 0.469 e. The number of urea groups is 1. The first kappa shape index (κ1) is 26.8. The molecule has 8 nitrogen and oxygen atoms in total. The molecule has 188 valence electrons. The van der Waals surface area contributed by atoms with Gasteiger partial charge in [0.05, 0.1) is 6.04 Å². The molecule has 2 aromatic carbocycles. The van der Waals surface area contributed by atoms with Crippen LogP contribution in [0.3, 0.4) is 0 Å². The summed E-state index contributed by atoms with van der Waals surface area (Å²) in [6, 6.07) is 12.9. The average molecular weight is 501 g/mol. The molecule has 0 unspecified atom stereocenters. The van der Waals surface area contributed by atoms with Gasteiger partial charge in [-0.15, -0.1) is 0 Å². The van der Waals surface area contributed by atoms with Crippen LogP contribution in [-0.4, -0.2) is 33.3 Å². The fourth-order valence-electron chi connectivity index (χ4n) is 4.47. The average Bonchev–Trinajstić information content (AvgIpc) is 2.85. The maximum Gasteiger partial charge on any atom is 0.327 e. The van der Waals surface area contributed by atoms with Crippen LogP contribution in [0.2, 0.25) is 0 Å². The van der Waals surface area contributed by atoms with Gasteiger partial charge in [-0.25, -0.2) is 9.69 Å². The summed E-state index contributed by atoms with van der Waals surface area (Å²) in [6.07, 6.45) is 1.75. The Morgan fingerprint density at radius 1 is 1.11 bits per heavy atom. The molecular formula is C26H33N2O6P. The number of nitrogens with one attached hydrogen (secondary N) is 1. The Labute approximate surface area is 207 Å². The monoisotopic (exact) mass is 500 g/mol. The topological polar surface area (TPSA) is 116 Å². The van der Waals surface area contributed by atoms with Gasteiger partial charge in [-0.3, -0.25) is 9.36 Å². The molecule has 0 aliphatic carbocycles. The molecule has 3 N–H and O–H groups in total. The van der Waals surface area contributed by atoms with Gasteiger partial charge in [-0.1, -0.05) is 57.0 Å². The molecule has 0 saturated carbocycles. The van der Waals surface area contributed by atoms with Crippen LogP contribution in [0.25, 0.3) is 0 Å². The van der Waals surface area contributed by atoms with Gasteiger partial charge in [-0.2, -0.15) is 0 Å². The van der Waals surface area contributed by atoms with Gasteiger partial charge in [0.15, 0.2) is 6.23 Å². The molecule has 35 heavy (non-hydrogen) atoms. The van der Waals surface area contributed by atoms with Crippen molar-refractivity contribution in [1.82, 2.24) is 10.2 Å². The quantitative estimate of drug-likeness (QED) is 0.241. The van der Waals surface area contributed by atoms with Gasteiger partial charge in [0.2, 0.25) is 14.4 Å². The summed E-state index contributed by atoms with van der Waals surface area (Å²) in [5.41, 5.74) is -1.22. The first-order valence-corrected chi connectivity index (χ1v) is 12.7. The molecule has 0 aromatic heterocycles. The van der Waals surface area contributed by atoms with Crippen LogP contribution in [-0.2, 0) is 14.9 Å². The third-order valence-corrected chi connectivity index (χ3v) is 7.32. The molecule has 3 rings (SSSR count). The van der Waals surface area contributed by atoms with E-state index in [1.807, 2.05) is 52.0 Å². The van der Waals surface area contributed by atoms with Crippen LogP contribution in [0.15, 0.2) is 48.5 Å². The molecule has 2 aromatic rings. The standard InChI is InChI=1S/C26H33N2O6P/c1-5-8-21(18-11-9-17(4)10-12-18)27-24(30)28-22(29)25(6-2,7-3)23(28)34-20-15-13-19(14-16-20)26(31,32)35-33/h9-16,21,23,31-32H,5-8H2,1-4H3,(H,27,30)/t21-,23+/m1/s1. The third-order valence-electron chi connectivity index (χ3n) is 6.80. The summed E-state index contributed by atoms with van der Waals surface area (Å²) in [6.45, 7) is 7.82. The number of aryl methyl sites for hydroxylation is 1. The van der Waals surface area contributed by atoms with Crippen molar-refractivity contribution in [2.45, 2.75) is 71.2 Å². The molecule has 3 amide bonds.